The number of likely N-dealkylation sites (N-methyl/N-ethyl adjacent to an activating group) is 1. The summed E-state index contributed by atoms with van der Waals surface area (Å²) in [5, 5.41) is 12.7. The van der Waals surface area contributed by atoms with Crippen molar-refractivity contribution in [2.24, 2.45) is 0 Å². The molecule has 2 aromatic carbocycles. The molecule has 1 fully saturated rings. The summed E-state index contributed by atoms with van der Waals surface area (Å²) in [5.74, 6) is 2.24. The number of carbonyl (C=O) groups excluding carboxylic acids is 1. The predicted molar refractivity (Wildman–Crippen MR) is 112 cm³/mol. The van der Waals surface area contributed by atoms with Crippen LogP contribution >= 0.6 is 0 Å². The maximum Gasteiger partial charge on any atom is 0.252 e. The van der Waals surface area contributed by atoms with Crippen molar-refractivity contribution in [2.75, 3.05) is 38.1 Å². The number of amides is 1. The summed E-state index contributed by atoms with van der Waals surface area (Å²) < 4.78 is 0. The molecule has 0 aliphatic carbocycles. The molecular weight excluding hydrogens is 350 g/mol. The van der Waals surface area contributed by atoms with Crippen LogP contribution < -0.4 is 10.2 Å². The molecule has 2 atom stereocenters. The summed E-state index contributed by atoms with van der Waals surface area (Å²) in [6.45, 7) is 2.60. The summed E-state index contributed by atoms with van der Waals surface area (Å²) >= 11 is 0. The first kappa shape index (κ1) is 19.9. The number of likely N-dealkylation sites (tertiary alicyclic amines) is 1. The number of hydrogen-bond acceptors (Lipinski definition) is 4. The van der Waals surface area contributed by atoms with E-state index in [2.05, 4.69) is 52.4 Å². The molecule has 1 aliphatic heterocycles. The lowest BCUT2D eigenvalue weighted by Crippen LogP contribution is -2.36. The van der Waals surface area contributed by atoms with Gasteiger partial charge in [-0.25, -0.2) is 0 Å². The number of terminal acetylenes is 1. The van der Waals surface area contributed by atoms with E-state index in [1.807, 2.05) is 30.3 Å². The molecule has 0 spiro atoms. The highest BCUT2D eigenvalue weighted by molar-refractivity contribution is 5.94. The monoisotopic (exact) mass is 377 g/mol. The van der Waals surface area contributed by atoms with E-state index < -0.39 is 0 Å². The van der Waals surface area contributed by atoms with E-state index in [1.54, 1.807) is 0 Å². The van der Waals surface area contributed by atoms with Crippen molar-refractivity contribution in [1.29, 1.82) is 0 Å². The van der Waals surface area contributed by atoms with Crippen molar-refractivity contribution in [1.82, 2.24) is 10.2 Å². The number of rotatable bonds is 7. The van der Waals surface area contributed by atoms with Gasteiger partial charge in [-0.2, -0.15) is 0 Å². The lowest BCUT2D eigenvalue weighted by molar-refractivity contribution is 0.0958. The Bertz CT molecular complexity index is 814. The zero-order valence-corrected chi connectivity index (χ0v) is 16.2. The average Bonchev–Trinajstić information content (AvgIpc) is 3.16. The van der Waals surface area contributed by atoms with E-state index in [4.69, 9.17) is 6.42 Å². The third-order valence-corrected chi connectivity index (χ3v) is 5.19. The van der Waals surface area contributed by atoms with Gasteiger partial charge in [0.1, 0.15) is 0 Å². The first-order valence-electron chi connectivity index (χ1n) is 9.58. The van der Waals surface area contributed by atoms with Gasteiger partial charge in [0, 0.05) is 37.9 Å². The highest BCUT2D eigenvalue weighted by atomic mass is 16.3. The Morgan fingerprint density at radius 3 is 2.61 bits per heavy atom. The molecule has 28 heavy (non-hydrogen) atoms. The fraction of sp³-hybridized carbons (Fsp3) is 0.348. The van der Waals surface area contributed by atoms with Crippen LogP contribution in [0.3, 0.4) is 0 Å². The van der Waals surface area contributed by atoms with Crippen molar-refractivity contribution in [2.45, 2.75) is 18.6 Å². The van der Waals surface area contributed by atoms with Gasteiger partial charge >= 0.3 is 0 Å². The van der Waals surface area contributed by atoms with Crippen LogP contribution in [0.15, 0.2) is 54.6 Å². The van der Waals surface area contributed by atoms with E-state index in [9.17, 15) is 9.90 Å². The summed E-state index contributed by atoms with van der Waals surface area (Å²) in [4.78, 5) is 16.5. The van der Waals surface area contributed by atoms with Crippen molar-refractivity contribution in [3.63, 3.8) is 0 Å². The van der Waals surface area contributed by atoms with Crippen molar-refractivity contribution >= 4 is 11.6 Å². The second-order valence-electron chi connectivity index (χ2n) is 7.18. The largest absolute Gasteiger partial charge is 0.392 e. The smallest absolute Gasteiger partial charge is 0.252 e. The van der Waals surface area contributed by atoms with E-state index in [0.717, 1.165) is 25.2 Å². The molecule has 0 bridgehead atoms. The highest BCUT2D eigenvalue weighted by Gasteiger charge is 2.29. The number of anilines is 1. The summed E-state index contributed by atoms with van der Waals surface area (Å²) in [7, 11) is 2.05. The maximum absolute atomic E-state index is 12.0. The Balaban J connectivity index is 1.72. The van der Waals surface area contributed by atoms with Gasteiger partial charge < -0.3 is 15.3 Å². The first-order chi connectivity index (χ1) is 13.6. The molecule has 1 aliphatic rings. The molecule has 1 amide bonds. The van der Waals surface area contributed by atoms with Crippen molar-refractivity contribution < 1.29 is 9.90 Å². The number of benzene rings is 2. The van der Waals surface area contributed by atoms with Gasteiger partial charge in [0.2, 0.25) is 0 Å². The van der Waals surface area contributed by atoms with E-state index in [0.29, 0.717) is 12.1 Å². The Hall–Kier alpha value is -2.81. The summed E-state index contributed by atoms with van der Waals surface area (Å²) in [6.07, 6.45) is 5.74. The maximum atomic E-state index is 12.0. The first-order valence-corrected chi connectivity index (χ1v) is 9.58. The fourth-order valence-corrected chi connectivity index (χ4v) is 3.62. The minimum atomic E-state index is -0.252. The molecule has 0 saturated carbocycles. The summed E-state index contributed by atoms with van der Waals surface area (Å²) in [6, 6.07) is 18.1. The van der Waals surface area contributed by atoms with Crippen molar-refractivity contribution in [3.8, 4) is 12.3 Å². The van der Waals surface area contributed by atoms with Gasteiger partial charge in [-0.15, -0.1) is 6.42 Å². The lowest BCUT2D eigenvalue weighted by Gasteiger charge is -2.33. The van der Waals surface area contributed by atoms with Gasteiger partial charge in [0.15, 0.2) is 0 Å². The number of β-amino-alcohol motifs (C(OH)–C–C–N with tert-alkyl or cyclic N) is 1. The third-order valence-electron chi connectivity index (χ3n) is 5.19. The normalized spacial score (nSPS) is 17.7. The van der Waals surface area contributed by atoms with Crippen LogP contribution in [0.1, 0.15) is 28.4 Å². The van der Waals surface area contributed by atoms with E-state index >= 15 is 0 Å². The summed E-state index contributed by atoms with van der Waals surface area (Å²) in [5.41, 5.74) is 2.87. The van der Waals surface area contributed by atoms with Crippen LogP contribution in [-0.4, -0.2) is 55.2 Å². The van der Waals surface area contributed by atoms with Crippen LogP contribution in [-0.2, 0) is 0 Å². The molecule has 1 saturated heterocycles. The van der Waals surface area contributed by atoms with Crippen LogP contribution in [0.5, 0.6) is 0 Å². The topological polar surface area (TPSA) is 55.8 Å². The predicted octanol–water partition coefficient (Wildman–Crippen LogP) is 2.29. The molecule has 5 heteroatoms. The Morgan fingerprint density at radius 2 is 2.00 bits per heavy atom. The van der Waals surface area contributed by atoms with Crippen molar-refractivity contribution in [3.05, 3.63) is 65.7 Å². The van der Waals surface area contributed by atoms with Gasteiger partial charge in [-0.1, -0.05) is 36.3 Å². The molecule has 146 valence electrons. The second-order valence-corrected chi connectivity index (χ2v) is 7.18. The van der Waals surface area contributed by atoms with Gasteiger partial charge in [0.05, 0.1) is 18.7 Å². The number of carbonyl (C=O) groups is 1. The number of aliphatic hydroxyl groups is 1. The average molecular weight is 377 g/mol. The van der Waals surface area contributed by atoms with Gasteiger partial charge in [-0.05, 0) is 36.2 Å². The molecule has 2 N–H and O–H groups in total. The minimum absolute atomic E-state index is 0.166. The SMILES string of the molecule is C#CCNC(=O)c1ccc(N(C)C[C@@H](c2ccccc2)N2CC[C@H](O)C2)cc1. The Morgan fingerprint density at radius 1 is 1.29 bits per heavy atom. The molecule has 0 radical (unpaired) electrons. The van der Waals surface area contributed by atoms with Crippen LogP contribution in [0.25, 0.3) is 0 Å². The molecular formula is C23H27N3O2. The minimum Gasteiger partial charge on any atom is -0.392 e. The lowest BCUT2D eigenvalue weighted by atomic mass is 10.0. The van der Waals surface area contributed by atoms with E-state index in [1.165, 1.54) is 5.56 Å². The molecule has 0 aromatic heterocycles. The van der Waals surface area contributed by atoms with Crippen LogP contribution in [0.2, 0.25) is 0 Å². The van der Waals surface area contributed by atoms with E-state index in [-0.39, 0.29) is 24.6 Å². The molecule has 0 unspecified atom stereocenters. The Kier molecular flexibility index (Phi) is 6.70. The van der Waals surface area contributed by atoms with Crippen LogP contribution in [0.4, 0.5) is 5.69 Å². The standard InChI is InChI=1S/C23H27N3O2/c1-3-14-24-23(28)19-9-11-20(12-10-19)25(2)17-22(18-7-5-4-6-8-18)26-15-13-21(27)16-26/h1,4-12,21-22,27H,13-17H2,2H3,(H,24,28)/t21-,22-/m0/s1. The number of nitrogens with zero attached hydrogens (tertiary/aromatic N) is 2. The highest BCUT2D eigenvalue weighted by Crippen LogP contribution is 2.27. The molecule has 3 rings (SSSR count). The van der Waals surface area contributed by atoms with Gasteiger partial charge in [-0.3, -0.25) is 9.69 Å². The zero-order valence-electron chi connectivity index (χ0n) is 16.2. The quantitative estimate of drug-likeness (QED) is 0.727. The molecule has 2 aromatic rings. The van der Waals surface area contributed by atoms with Crippen LogP contribution in [0, 0.1) is 12.3 Å². The Labute approximate surface area is 167 Å². The molecule has 5 nitrogen and oxygen atoms in total. The van der Waals surface area contributed by atoms with Gasteiger partial charge in [0.25, 0.3) is 5.91 Å². The number of nitrogens with one attached hydrogen (secondary N) is 1. The fourth-order valence-electron chi connectivity index (χ4n) is 3.62. The number of aliphatic hydroxyl groups excluding tert-OH is 1. The third kappa shape index (κ3) is 4.92. The zero-order chi connectivity index (χ0) is 19.9. The molecule has 1 heterocycles. The number of hydrogen-bond donors (Lipinski definition) is 2. The second kappa shape index (κ2) is 9.41.